The number of alkyl halides is 1. The van der Waals surface area contributed by atoms with Gasteiger partial charge in [-0.15, -0.1) is 11.6 Å². The first-order valence-electron chi connectivity index (χ1n) is 4.17. The number of hydrogen-bond donors (Lipinski definition) is 0. The van der Waals surface area contributed by atoms with Gasteiger partial charge in [0.1, 0.15) is 0 Å². The van der Waals surface area contributed by atoms with Crippen LogP contribution in [0.15, 0.2) is 29.2 Å². The van der Waals surface area contributed by atoms with Crippen molar-refractivity contribution in [2.24, 2.45) is 0 Å². The van der Waals surface area contributed by atoms with Crippen molar-refractivity contribution >= 4 is 28.6 Å². The zero-order valence-electron chi connectivity index (χ0n) is 8.16. The number of benzene rings is 1. The molecule has 0 saturated heterocycles. The molecule has 0 atom stereocenters. The molecule has 0 aromatic heterocycles. The Kier molecular flexibility index (Phi) is 4.29. The maximum Gasteiger partial charge on any atom is 0.285 e. The van der Waals surface area contributed by atoms with E-state index in [1.807, 2.05) is 24.3 Å². The highest BCUT2D eigenvalue weighted by molar-refractivity contribution is 8.13. The number of thioether (sulfide) groups is 1. The molecule has 1 rings (SSSR count). The summed E-state index contributed by atoms with van der Waals surface area (Å²) >= 11 is 6.90. The first kappa shape index (κ1) is 11.4. The molecule has 4 heteroatoms. The van der Waals surface area contributed by atoms with Crippen molar-refractivity contribution in [1.29, 1.82) is 0 Å². The standard InChI is InChI=1S/C10H12ClNOS/c1-12(2)10(13)14-9-5-3-4-8(6-9)7-11/h3-6H,7H2,1-2H3. The fourth-order valence-corrected chi connectivity index (χ4v) is 1.79. The van der Waals surface area contributed by atoms with Gasteiger partial charge in [0.15, 0.2) is 0 Å². The molecule has 0 bridgehead atoms. The molecule has 0 aliphatic rings. The van der Waals surface area contributed by atoms with Crippen molar-refractivity contribution in [2.45, 2.75) is 10.8 Å². The Balaban J connectivity index is 2.72. The average Bonchev–Trinajstić information content (AvgIpc) is 2.18. The van der Waals surface area contributed by atoms with E-state index in [1.54, 1.807) is 19.0 Å². The van der Waals surface area contributed by atoms with Gasteiger partial charge in [-0.25, -0.2) is 0 Å². The normalized spacial score (nSPS) is 9.93. The molecule has 0 fully saturated rings. The summed E-state index contributed by atoms with van der Waals surface area (Å²) < 4.78 is 0. The van der Waals surface area contributed by atoms with E-state index >= 15 is 0 Å². The summed E-state index contributed by atoms with van der Waals surface area (Å²) in [5, 5.41) is 0.0247. The van der Waals surface area contributed by atoms with Crippen LogP contribution in [0, 0.1) is 0 Å². The zero-order valence-corrected chi connectivity index (χ0v) is 9.73. The van der Waals surface area contributed by atoms with Crippen LogP contribution in [0.5, 0.6) is 0 Å². The van der Waals surface area contributed by atoms with Crippen molar-refractivity contribution in [1.82, 2.24) is 4.90 Å². The molecule has 0 radical (unpaired) electrons. The minimum absolute atomic E-state index is 0.0247. The molecule has 0 unspecified atom stereocenters. The minimum atomic E-state index is 0.0247. The van der Waals surface area contributed by atoms with E-state index in [-0.39, 0.29) is 5.24 Å². The van der Waals surface area contributed by atoms with E-state index in [2.05, 4.69) is 0 Å². The van der Waals surface area contributed by atoms with E-state index in [1.165, 1.54) is 11.8 Å². The largest absolute Gasteiger partial charge is 0.339 e. The van der Waals surface area contributed by atoms with Crippen molar-refractivity contribution < 1.29 is 4.79 Å². The highest BCUT2D eigenvalue weighted by atomic mass is 35.5. The summed E-state index contributed by atoms with van der Waals surface area (Å²) in [6, 6.07) is 7.68. The van der Waals surface area contributed by atoms with Gasteiger partial charge in [-0.05, 0) is 29.5 Å². The lowest BCUT2D eigenvalue weighted by molar-refractivity contribution is 0.241. The number of rotatable bonds is 2. The van der Waals surface area contributed by atoms with Gasteiger partial charge in [0.25, 0.3) is 5.24 Å². The molecule has 76 valence electrons. The van der Waals surface area contributed by atoms with E-state index in [0.717, 1.165) is 10.5 Å². The van der Waals surface area contributed by atoms with Gasteiger partial charge in [0, 0.05) is 24.9 Å². The van der Waals surface area contributed by atoms with Crippen LogP contribution in [0.1, 0.15) is 5.56 Å². The third-order valence-electron chi connectivity index (χ3n) is 1.62. The Labute approximate surface area is 93.2 Å². The van der Waals surface area contributed by atoms with Gasteiger partial charge in [0.05, 0.1) is 0 Å². The van der Waals surface area contributed by atoms with Crippen LogP contribution in [0.3, 0.4) is 0 Å². The highest BCUT2D eigenvalue weighted by Crippen LogP contribution is 2.21. The van der Waals surface area contributed by atoms with E-state index in [0.29, 0.717) is 5.88 Å². The Hall–Kier alpha value is -0.670. The summed E-state index contributed by atoms with van der Waals surface area (Å²) in [5.41, 5.74) is 1.03. The molecule has 0 saturated carbocycles. The van der Waals surface area contributed by atoms with Gasteiger partial charge in [-0.1, -0.05) is 12.1 Å². The van der Waals surface area contributed by atoms with Crippen molar-refractivity contribution in [3.8, 4) is 0 Å². The van der Waals surface area contributed by atoms with Crippen LogP contribution < -0.4 is 0 Å². The number of nitrogens with zero attached hydrogens (tertiary/aromatic N) is 1. The van der Waals surface area contributed by atoms with E-state index in [9.17, 15) is 4.79 Å². The Morgan fingerprint density at radius 3 is 2.79 bits per heavy atom. The smallest absolute Gasteiger partial charge is 0.285 e. The minimum Gasteiger partial charge on any atom is -0.339 e. The first-order valence-corrected chi connectivity index (χ1v) is 5.52. The molecular weight excluding hydrogens is 218 g/mol. The summed E-state index contributed by atoms with van der Waals surface area (Å²) in [4.78, 5) is 13.9. The Morgan fingerprint density at radius 1 is 1.50 bits per heavy atom. The van der Waals surface area contributed by atoms with E-state index in [4.69, 9.17) is 11.6 Å². The summed E-state index contributed by atoms with van der Waals surface area (Å²) in [7, 11) is 3.47. The second kappa shape index (κ2) is 5.27. The molecule has 2 nitrogen and oxygen atoms in total. The molecule has 0 aliphatic carbocycles. The Morgan fingerprint density at radius 2 is 2.21 bits per heavy atom. The van der Waals surface area contributed by atoms with Crippen molar-refractivity contribution in [2.75, 3.05) is 14.1 Å². The number of carbonyl (C=O) groups is 1. The predicted octanol–water partition coefficient (Wildman–Crippen LogP) is 3.20. The van der Waals surface area contributed by atoms with Crippen LogP contribution in [0.4, 0.5) is 4.79 Å². The number of carbonyl (C=O) groups excluding carboxylic acids is 1. The van der Waals surface area contributed by atoms with Crippen molar-refractivity contribution in [3.05, 3.63) is 29.8 Å². The lowest BCUT2D eigenvalue weighted by Gasteiger charge is -2.09. The number of halogens is 1. The second-order valence-electron chi connectivity index (χ2n) is 3.04. The molecule has 0 N–H and O–H groups in total. The van der Waals surface area contributed by atoms with Gasteiger partial charge in [-0.2, -0.15) is 0 Å². The van der Waals surface area contributed by atoms with Gasteiger partial charge >= 0.3 is 0 Å². The molecule has 0 aliphatic heterocycles. The SMILES string of the molecule is CN(C)C(=O)Sc1cccc(CCl)c1. The van der Waals surface area contributed by atoms with Gasteiger partial charge in [-0.3, -0.25) is 4.79 Å². The molecule has 0 spiro atoms. The van der Waals surface area contributed by atoms with Gasteiger partial charge in [0.2, 0.25) is 0 Å². The average molecular weight is 230 g/mol. The molecule has 0 heterocycles. The fraction of sp³-hybridized carbons (Fsp3) is 0.300. The lowest BCUT2D eigenvalue weighted by atomic mass is 10.2. The fourth-order valence-electron chi connectivity index (χ4n) is 0.884. The molecular formula is C10H12ClNOS. The third kappa shape index (κ3) is 3.24. The van der Waals surface area contributed by atoms with Crippen LogP contribution in [0.2, 0.25) is 0 Å². The van der Waals surface area contributed by atoms with Gasteiger partial charge < -0.3 is 4.90 Å². The van der Waals surface area contributed by atoms with Crippen LogP contribution >= 0.6 is 23.4 Å². The summed E-state index contributed by atoms with van der Waals surface area (Å²) in [6.45, 7) is 0. The summed E-state index contributed by atoms with van der Waals surface area (Å²) in [6.07, 6.45) is 0. The third-order valence-corrected chi connectivity index (χ3v) is 2.96. The molecule has 14 heavy (non-hydrogen) atoms. The monoisotopic (exact) mass is 229 g/mol. The lowest BCUT2D eigenvalue weighted by Crippen LogP contribution is -2.15. The summed E-state index contributed by atoms with van der Waals surface area (Å²) in [5.74, 6) is 0.477. The van der Waals surface area contributed by atoms with E-state index < -0.39 is 0 Å². The molecule has 1 aromatic carbocycles. The zero-order chi connectivity index (χ0) is 10.6. The van der Waals surface area contributed by atoms with Crippen molar-refractivity contribution in [3.63, 3.8) is 0 Å². The second-order valence-corrected chi connectivity index (χ2v) is 4.34. The highest BCUT2D eigenvalue weighted by Gasteiger charge is 2.06. The number of hydrogen-bond acceptors (Lipinski definition) is 2. The Bertz CT molecular complexity index is 328. The molecule has 1 amide bonds. The quantitative estimate of drug-likeness (QED) is 0.574. The number of amides is 1. The van der Waals surface area contributed by atoms with Crippen LogP contribution in [0.25, 0.3) is 0 Å². The maximum atomic E-state index is 11.4. The molecule has 1 aromatic rings. The van der Waals surface area contributed by atoms with Crippen LogP contribution in [-0.4, -0.2) is 24.2 Å². The maximum absolute atomic E-state index is 11.4. The predicted molar refractivity (Wildman–Crippen MR) is 60.9 cm³/mol. The van der Waals surface area contributed by atoms with Crippen LogP contribution in [-0.2, 0) is 5.88 Å². The topological polar surface area (TPSA) is 20.3 Å². The first-order chi connectivity index (χ1) is 6.63.